The summed E-state index contributed by atoms with van der Waals surface area (Å²) < 4.78 is 0. The van der Waals surface area contributed by atoms with Crippen molar-refractivity contribution in [3.05, 3.63) is 0 Å². The predicted molar refractivity (Wildman–Crippen MR) is 63.0 cm³/mol. The molecule has 3 rings (SSSR count). The number of rotatable bonds is 1. The molecule has 0 aromatic heterocycles. The Balaban J connectivity index is 1.66. The number of nitrogens with zero attached hydrogens (tertiary/aromatic N) is 1. The van der Waals surface area contributed by atoms with E-state index in [2.05, 4.69) is 24.1 Å². The number of hydrogen-bond donors (Lipinski definition) is 1. The molecule has 4 unspecified atom stereocenters. The number of carbonyl (C=O) groups excluding carboxylic acids is 1. The van der Waals surface area contributed by atoms with Crippen LogP contribution in [0.3, 0.4) is 0 Å². The van der Waals surface area contributed by atoms with E-state index in [0.717, 1.165) is 24.9 Å². The van der Waals surface area contributed by atoms with Crippen molar-refractivity contribution in [3.63, 3.8) is 0 Å². The number of amides is 1. The van der Waals surface area contributed by atoms with Crippen LogP contribution in [0.2, 0.25) is 0 Å². The summed E-state index contributed by atoms with van der Waals surface area (Å²) in [4.78, 5) is 14.6. The van der Waals surface area contributed by atoms with E-state index in [4.69, 9.17) is 0 Å². The zero-order valence-corrected chi connectivity index (χ0v) is 10.3. The van der Waals surface area contributed by atoms with Crippen molar-refractivity contribution >= 4 is 5.91 Å². The van der Waals surface area contributed by atoms with Gasteiger partial charge in [0.15, 0.2) is 0 Å². The molecule has 0 bridgehead atoms. The quantitative estimate of drug-likeness (QED) is 0.724. The maximum absolute atomic E-state index is 12.4. The molecule has 3 aliphatic rings. The Morgan fingerprint density at radius 1 is 1.25 bits per heavy atom. The summed E-state index contributed by atoms with van der Waals surface area (Å²) in [5.41, 5.74) is 0. The number of hydrogen-bond acceptors (Lipinski definition) is 2. The molecule has 90 valence electrons. The van der Waals surface area contributed by atoms with E-state index >= 15 is 0 Å². The highest BCUT2D eigenvalue weighted by Crippen LogP contribution is 2.58. The zero-order chi connectivity index (χ0) is 11.3. The standard InChI is InChI=1S/C13H22N2O/c1-8-9(2)15(7-6-14-8)13(16)12-10-4-3-5-11(10)12/h8-12,14H,3-7H2,1-2H3. The lowest BCUT2D eigenvalue weighted by atomic mass is 10.0. The van der Waals surface area contributed by atoms with Gasteiger partial charge in [-0.2, -0.15) is 0 Å². The Morgan fingerprint density at radius 2 is 1.94 bits per heavy atom. The van der Waals surface area contributed by atoms with E-state index in [1.54, 1.807) is 0 Å². The zero-order valence-electron chi connectivity index (χ0n) is 10.3. The van der Waals surface area contributed by atoms with Gasteiger partial charge in [0, 0.05) is 31.1 Å². The second-order valence-electron chi connectivity index (χ2n) is 5.80. The van der Waals surface area contributed by atoms with Crippen LogP contribution in [-0.4, -0.2) is 36.0 Å². The maximum Gasteiger partial charge on any atom is 0.226 e. The number of nitrogens with one attached hydrogen (secondary N) is 1. The molecule has 1 N–H and O–H groups in total. The summed E-state index contributed by atoms with van der Waals surface area (Å²) in [7, 11) is 0. The van der Waals surface area contributed by atoms with E-state index < -0.39 is 0 Å². The molecule has 3 heteroatoms. The van der Waals surface area contributed by atoms with Gasteiger partial charge in [-0.05, 0) is 38.5 Å². The first-order valence-electron chi connectivity index (χ1n) is 6.74. The lowest BCUT2D eigenvalue weighted by molar-refractivity contribution is -0.137. The molecule has 0 spiro atoms. The van der Waals surface area contributed by atoms with Crippen LogP contribution in [0.1, 0.15) is 33.1 Å². The van der Waals surface area contributed by atoms with Crippen LogP contribution in [-0.2, 0) is 4.79 Å². The van der Waals surface area contributed by atoms with Gasteiger partial charge in [-0.25, -0.2) is 0 Å². The fraction of sp³-hybridized carbons (Fsp3) is 0.923. The third-order valence-electron chi connectivity index (χ3n) is 5.01. The van der Waals surface area contributed by atoms with Gasteiger partial charge >= 0.3 is 0 Å². The van der Waals surface area contributed by atoms with Crippen LogP contribution in [0.4, 0.5) is 0 Å². The fourth-order valence-corrected chi connectivity index (χ4v) is 3.75. The van der Waals surface area contributed by atoms with Crippen molar-refractivity contribution in [1.29, 1.82) is 0 Å². The number of fused-ring (bicyclic) bond motifs is 1. The van der Waals surface area contributed by atoms with Crippen LogP contribution < -0.4 is 5.32 Å². The molecular weight excluding hydrogens is 200 g/mol. The first-order valence-corrected chi connectivity index (χ1v) is 6.74. The van der Waals surface area contributed by atoms with Crippen LogP contribution in [0.5, 0.6) is 0 Å². The Kier molecular flexibility index (Phi) is 2.46. The minimum absolute atomic E-state index is 0.363. The van der Waals surface area contributed by atoms with E-state index in [0.29, 0.717) is 23.9 Å². The second-order valence-corrected chi connectivity index (χ2v) is 5.80. The smallest absolute Gasteiger partial charge is 0.226 e. The molecule has 4 atom stereocenters. The van der Waals surface area contributed by atoms with Crippen molar-refractivity contribution in [3.8, 4) is 0 Å². The normalized spacial score (nSPS) is 46.6. The molecule has 1 saturated heterocycles. The van der Waals surface area contributed by atoms with Gasteiger partial charge in [-0.15, -0.1) is 0 Å². The lowest BCUT2D eigenvalue weighted by Crippen LogP contribution is -2.57. The Bertz CT molecular complexity index is 294. The molecule has 1 aliphatic heterocycles. The SMILES string of the molecule is CC1NCCN(C(=O)C2C3CCCC32)C1C. The summed E-state index contributed by atoms with van der Waals surface area (Å²) in [5.74, 6) is 2.37. The van der Waals surface area contributed by atoms with Gasteiger partial charge in [0.1, 0.15) is 0 Å². The average Bonchev–Trinajstić information content (AvgIpc) is 2.75. The maximum atomic E-state index is 12.4. The van der Waals surface area contributed by atoms with Gasteiger partial charge in [-0.1, -0.05) is 6.42 Å². The third kappa shape index (κ3) is 1.48. The summed E-state index contributed by atoms with van der Waals surface area (Å²) in [6, 6.07) is 0.805. The highest BCUT2D eigenvalue weighted by Gasteiger charge is 2.58. The monoisotopic (exact) mass is 222 g/mol. The van der Waals surface area contributed by atoms with E-state index in [9.17, 15) is 4.79 Å². The molecule has 0 aromatic carbocycles. The molecule has 1 amide bonds. The van der Waals surface area contributed by atoms with Gasteiger partial charge in [0.05, 0.1) is 0 Å². The first-order chi connectivity index (χ1) is 7.70. The topological polar surface area (TPSA) is 32.3 Å². The van der Waals surface area contributed by atoms with Gasteiger partial charge in [0.25, 0.3) is 0 Å². The van der Waals surface area contributed by atoms with E-state index in [-0.39, 0.29) is 0 Å². The molecule has 0 aromatic rings. The summed E-state index contributed by atoms with van der Waals surface area (Å²) >= 11 is 0. The predicted octanol–water partition coefficient (Wildman–Crippen LogP) is 1.24. The van der Waals surface area contributed by atoms with Crippen LogP contribution in [0.15, 0.2) is 0 Å². The van der Waals surface area contributed by atoms with Gasteiger partial charge < -0.3 is 10.2 Å². The Labute approximate surface area is 97.6 Å². The summed E-state index contributed by atoms with van der Waals surface area (Å²) in [6.45, 7) is 6.21. The van der Waals surface area contributed by atoms with Crippen molar-refractivity contribution in [2.75, 3.05) is 13.1 Å². The molecule has 0 radical (unpaired) electrons. The molecule has 2 saturated carbocycles. The fourth-order valence-electron chi connectivity index (χ4n) is 3.75. The highest BCUT2D eigenvalue weighted by atomic mass is 16.2. The second kappa shape index (κ2) is 3.73. The van der Waals surface area contributed by atoms with Crippen molar-refractivity contribution < 1.29 is 4.79 Å². The first kappa shape index (κ1) is 10.6. The average molecular weight is 222 g/mol. The lowest BCUT2D eigenvalue weighted by Gasteiger charge is -2.39. The van der Waals surface area contributed by atoms with Gasteiger partial charge in [0.2, 0.25) is 5.91 Å². The van der Waals surface area contributed by atoms with E-state index in [1.807, 2.05) is 0 Å². The molecule has 3 nitrogen and oxygen atoms in total. The van der Waals surface area contributed by atoms with Gasteiger partial charge in [-0.3, -0.25) is 4.79 Å². The molecule has 1 heterocycles. The molecule has 16 heavy (non-hydrogen) atoms. The van der Waals surface area contributed by atoms with Crippen molar-refractivity contribution in [2.24, 2.45) is 17.8 Å². The molecule has 2 aliphatic carbocycles. The van der Waals surface area contributed by atoms with E-state index in [1.165, 1.54) is 19.3 Å². The van der Waals surface area contributed by atoms with Crippen LogP contribution in [0, 0.1) is 17.8 Å². The number of carbonyl (C=O) groups is 1. The minimum atomic E-state index is 0.363. The molecular formula is C13H22N2O. The third-order valence-corrected chi connectivity index (χ3v) is 5.01. The van der Waals surface area contributed by atoms with Crippen LogP contribution in [0.25, 0.3) is 0 Å². The summed E-state index contributed by atoms with van der Waals surface area (Å²) in [5, 5.41) is 3.43. The minimum Gasteiger partial charge on any atom is -0.337 e. The van der Waals surface area contributed by atoms with Crippen molar-refractivity contribution in [2.45, 2.75) is 45.2 Å². The number of piperazine rings is 1. The Hall–Kier alpha value is -0.570. The molecule has 3 fully saturated rings. The summed E-state index contributed by atoms with van der Waals surface area (Å²) in [6.07, 6.45) is 3.96. The largest absolute Gasteiger partial charge is 0.337 e. The highest BCUT2D eigenvalue weighted by molar-refractivity contribution is 5.83. The van der Waals surface area contributed by atoms with Crippen LogP contribution >= 0.6 is 0 Å². The van der Waals surface area contributed by atoms with Crippen molar-refractivity contribution in [1.82, 2.24) is 10.2 Å². The Morgan fingerprint density at radius 3 is 2.62 bits per heavy atom.